The molecule has 2 aromatic rings. The van der Waals surface area contributed by atoms with Gasteiger partial charge in [-0.3, -0.25) is 4.79 Å². The molecule has 6 heteroatoms. The summed E-state index contributed by atoms with van der Waals surface area (Å²) < 4.78 is 11.0. The fraction of sp³-hybridized carbons (Fsp3) is 0.353. The second-order valence-corrected chi connectivity index (χ2v) is 5.45. The average Bonchev–Trinajstić information content (AvgIpc) is 3.02. The lowest BCUT2D eigenvalue weighted by molar-refractivity contribution is 0.0950. The van der Waals surface area contributed by atoms with E-state index >= 15 is 0 Å². The topological polar surface area (TPSA) is 80.7 Å². The van der Waals surface area contributed by atoms with E-state index in [9.17, 15) is 4.79 Å². The van der Waals surface area contributed by atoms with Crippen LogP contribution in [0.3, 0.4) is 0 Å². The monoisotopic (exact) mass is 317 g/mol. The number of carbonyl (C=O) groups is 1. The maximum absolute atomic E-state index is 12.1. The van der Waals surface area contributed by atoms with Gasteiger partial charge in [0.2, 0.25) is 0 Å². The van der Waals surface area contributed by atoms with Gasteiger partial charge in [-0.1, -0.05) is 18.2 Å². The first-order valence-electron chi connectivity index (χ1n) is 7.51. The Morgan fingerprint density at radius 3 is 2.83 bits per heavy atom. The van der Waals surface area contributed by atoms with Crippen molar-refractivity contribution in [3.05, 3.63) is 53.5 Å². The second kappa shape index (κ2) is 8.36. The molecule has 1 amide bonds. The molecule has 0 aliphatic rings. The van der Waals surface area contributed by atoms with Crippen LogP contribution in [0.15, 0.2) is 41.0 Å². The van der Waals surface area contributed by atoms with Crippen LogP contribution in [0.5, 0.6) is 5.75 Å². The van der Waals surface area contributed by atoms with E-state index in [1.165, 1.54) is 6.26 Å². The van der Waals surface area contributed by atoms with E-state index in [-0.39, 0.29) is 12.5 Å². The van der Waals surface area contributed by atoms with Crippen LogP contribution in [-0.4, -0.2) is 38.1 Å². The number of nitrogens with one attached hydrogen (secondary N) is 1. The highest BCUT2D eigenvalue weighted by Gasteiger charge is 2.11. The highest BCUT2D eigenvalue weighted by Crippen LogP contribution is 2.18. The molecule has 0 radical (unpaired) electrons. The van der Waals surface area contributed by atoms with Crippen molar-refractivity contribution in [2.24, 2.45) is 5.73 Å². The van der Waals surface area contributed by atoms with Crippen molar-refractivity contribution < 1.29 is 13.9 Å². The van der Waals surface area contributed by atoms with Crippen molar-refractivity contribution in [2.45, 2.75) is 13.1 Å². The third kappa shape index (κ3) is 5.12. The fourth-order valence-corrected chi connectivity index (χ4v) is 2.01. The molecule has 1 aromatic heterocycles. The molecule has 0 spiro atoms. The smallest absolute Gasteiger partial charge is 0.254 e. The summed E-state index contributed by atoms with van der Waals surface area (Å²) in [6, 6.07) is 9.33. The molecule has 3 N–H and O–H groups in total. The molecule has 0 bridgehead atoms. The lowest BCUT2D eigenvalue weighted by Crippen LogP contribution is -2.23. The summed E-state index contributed by atoms with van der Waals surface area (Å²) in [5.41, 5.74) is 6.87. The molecular formula is C17H23N3O3. The Hall–Kier alpha value is -2.31. The van der Waals surface area contributed by atoms with Gasteiger partial charge in [0.15, 0.2) is 0 Å². The third-order valence-electron chi connectivity index (χ3n) is 3.33. The van der Waals surface area contributed by atoms with Crippen LogP contribution < -0.4 is 15.8 Å². The Labute approximate surface area is 136 Å². The predicted octanol–water partition coefficient (Wildman–Crippen LogP) is 1.61. The Morgan fingerprint density at radius 2 is 2.13 bits per heavy atom. The standard InChI is InChI=1S/C17H23N3O3/c1-20(2)7-8-22-16-6-4-3-5-13(16)11-19-17(21)14-9-15(10-18)23-12-14/h3-6,9,12H,7-8,10-11,18H2,1-2H3,(H,19,21). The van der Waals surface area contributed by atoms with Gasteiger partial charge in [0, 0.05) is 18.7 Å². The number of furan rings is 1. The Balaban J connectivity index is 1.93. The van der Waals surface area contributed by atoms with Crippen LogP contribution in [-0.2, 0) is 13.1 Å². The largest absolute Gasteiger partial charge is 0.492 e. The van der Waals surface area contributed by atoms with E-state index in [1.807, 2.05) is 38.4 Å². The van der Waals surface area contributed by atoms with Crippen molar-refractivity contribution >= 4 is 5.91 Å². The lowest BCUT2D eigenvalue weighted by atomic mass is 10.2. The van der Waals surface area contributed by atoms with Gasteiger partial charge in [-0.2, -0.15) is 0 Å². The van der Waals surface area contributed by atoms with Crippen LogP contribution in [0.1, 0.15) is 21.7 Å². The summed E-state index contributed by atoms with van der Waals surface area (Å²) in [4.78, 5) is 14.2. The maximum atomic E-state index is 12.1. The van der Waals surface area contributed by atoms with Gasteiger partial charge in [0.1, 0.15) is 24.4 Å². The number of benzene rings is 1. The van der Waals surface area contributed by atoms with E-state index in [1.54, 1.807) is 6.07 Å². The molecule has 0 aliphatic carbocycles. The Kier molecular flexibility index (Phi) is 6.19. The molecule has 1 heterocycles. The van der Waals surface area contributed by atoms with Gasteiger partial charge in [-0.25, -0.2) is 0 Å². The number of hydrogen-bond donors (Lipinski definition) is 2. The minimum Gasteiger partial charge on any atom is -0.492 e. The first-order valence-corrected chi connectivity index (χ1v) is 7.51. The van der Waals surface area contributed by atoms with E-state index in [4.69, 9.17) is 14.9 Å². The number of carbonyl (C=O) groups excluding carboxylic acids is 1. The van der Waals surface area contributed by atoms with E-state index in [0.717, 1.165) is 17.9 Å². The highest BCUT2D eigenvalue weighted by atomic mass is 16.5. The van der Waals surface area contributed by atoms with Crippen LogP contribution in [0.4, 0.5) is 0 Å². The molecule has 0 atom stereocenters. The minimum atomic E-state index is -0.198. The molecule has 0 fully saturated rings. The van der Waals surface area contributed by atoms with Crippen LogP contribution >= 0.6 is 0 Å². The normalized spacial score (nSPS) is 10.8. The molecule has 0 saturated carbocycles. The fourth-order valence-electron chi connectivity index (χ4n) is 2.01. The van der Waals surface area contributed by atoms with E-state index in [2.05, 4.69) is 10.2 Å². The SMILES string of the molecule is CN(C)CCOc1ccccc1CNC(=O)c1coc(CN)c1. The van der Waals surface area contributed by atoms with E-state index < -0.39 is 0 Å². The molecule has 1 aromatic carbocycles. The Bertz CT molecular complexity index is 638. The molecule has 6 nitrogen and oxygen atoms in total. The van der Waals surface area contributed by atoms with E-state index in [0.29, 0.717) is 24.5 Å². The summed E-state index contributed by atoms with van der Waals surface area (Å²) in [5.74, 6) is 1.17. The molecule has 2 rings (SSSR count). The summed E-state index contributed by atoms with van der Waals surface area (Å²) >= 11 is 0. The molecule has 124 valence electrons. The lowest BCUT2D eigenvalue weighted by Gasteiger charge is -2.14. The first-order chi connectivity index (χ1) is 11.1. The summed E-state index contributed by atoms with van der Waals surface area (Å²) in [6.45, 7) is 2.09. The molecule has 0 saturated heterocycles. The molecule has 23 heavy (non-hydrogen) atoms. The zero-order valence-corrected chi connectivity index (χ0v) is 13.5. The van der Waals surface area contributed by atoms with Crippen LogP contribution in [0.2, 0.25) is 0 Å². The van der Waals surface area contributed by atoms with Crippen molar-refractivity contribution in [3.8, 4) is 5.75 Å². The van der Waals surface area contributed by atoms with Crippen molar-refractivity contribution in [2.75, 3.05) is 27.2 Å². The number of hydrogen-bond acceptors (Lipinski definition) is 5. The number of nitrogens with two attached hydrogens (primary N) is 1. The zero-order chi connectivity index (χ0) is 16.7. The van der Waals surface area contributed by atoms with Gasteiger partial charge in [0.25, 0.3) is 5.91 Å². The van der Waals surface area contributed by atoms with Gasteiger partial charge in [0.05, 0.1) is 12.1 Å². The van der Waals surface area contributed by atoms with Crippen LogP contribution in [0, 0.1) is 0 Å². The number of amides is 1. The molecule has 0 unspecified atom stereocenters. The highest BCUT2D eigenvalue weighted by molar-refractivity contribution is 5.93. The number of para-hydroxylation sites is 1. The van der Waals surface area contributed by atoms with Gasteiger partial charge in [-0.05, 0) is 26.2 Å². The first kappa shape index (κ1) is 17.1. The number of likely N-dealkylation sites (N-methyl/N-ethyl adjacent to an activating group) is 1. The summed E-state index contributed by atoms with van der Waals surface area (Å²) in [7, 11) is 3.99. The number of ether oxygens (including phenoxy) is 1. The average molecular weight is 317 g/mol. The van der Waals surface area contributed by atoms with Gasteiger partial charge in [-0.15, -0.1) is 0 Å². The minimum absolute atomic E-state index is 0.198. The second-order valence-electron chi connectivity index (χ2n) is 5.45. The van der Waals surface area contributed by atoms with Crippen molar-refractivity contribution in [1.82, 2.24) is 10.2 Å². The Morgan fingerprint density at radius 1 is 1.35 bits per heavy atom. The van der Waals surface area contributed by atoms with Crippen molar-refractivity contribution in [3.63, 3.8) is 0 Å². The van der Waals surface area contributed by atoms with Crippen molar-refractivity contribution in [1.29, 1.82) is 0 Å². The number of rotatable bonds is 8. The van der Waals surface area contributed by atoms with Gasteiger partial charge >= 0.3 is 0 Å². The number of nitrogens with zero attached hydrogens (tertiary/aromatic N) is 1. The van der Waals surface area contributed by atoms with Crippen LogP contribution in [0.25, 0.3) is 0 Å². The van der Waals surface area contributed by atoms with Gasteiger partial charge < -0.3 is 25.1 Å². The predicted molar refractivity (Wildman–Crippen MR) is 88.3 cm³/mol. The summed E-state index contributed by atoms with van der Waals surface area (Å²) in [6.07, 6.45) is 1.41. The maximum Gasteiger partial charge on any atom is 0.254 e. The molecular weight excluding hydrogens is 294 g/mol. The molecule has 0 aliphatic heterocycles. The summed E-state index contributed by atoms with van der Waals surface area (Å²) in [5, 5.41) is 2.86. The third-order valence-corrected chi connectivity index (χ3v) is 3.33. The quantitative estimate of drug-likeness (QED) is 0.773. The zero-order valence-electron chi connectivity index (χ0n) is 13.5.